The first kappa shape index (κ1) is 15.3. The van der Waals surface area contributed by atoms with E-state index in [1.807, 2.05) is 0 Å². The molecule has 0 aliphatic rings. The summed E-state index contributed by atoms with van der Waals surface area (Å²) in [6, 6.07) is 4.67. The highest BCUT2D eigenvalue weighted by Crippen LogP contribution is 2.20. The van der Waals surface area contributed by atoms with Crippen molar-refractivity contribution in [3.05, 3.63) is 29.6 Å². The first-order chi connectivity index (χ1) is 9.79. The van der Waals surface area contributed by atoms with E-state index in [0.29, 0.717) is 16.9 Å². The molecule has 1 aromatic carbocycles. The highest BCUT2D eigenvalue weighted by molar-refractivity contribution is 6.01. The summed E-state index contributed by atoms with van der Waals surface area (Å²) in [5.41, 5.74) is 0.937. The molecule has 0 radical (unpaired) electrons. The zero-order chi connectivity index (χ0) is 15.6. The molecule has 114 valence electrons. The number of hydrogen-bond acceptors (Lipinski definition) is 3. The summed E-state index contributed by atoms with van der Waals surface area (Å²) >= 11 is 0. The molecule has 1 aromatic heterocycles. The maximum Gasteiger partial charge on any atom is 0.411 e. The number of aryl methyl sites for hydroxylation is 1. The molecule has 0 spiro atoms. The summed E-state index contributed by atoms with van der Waals surface area (Å²) in [6.07, 6.45) is -4.36. The van der Waals surface area contributed by atoms with Crippen molar-refractivity contribution in [1.29, 1.82) is 0 Å². The molecule has 0 aliphatic carbocycles. The van der Waals surface area contributed by atoms with E-state index in [-0.39, 0.29) is 18.7 Å². The van der Waals surface area contributed by atoms with Crippen LogP contribution in [0.4, 0.5) is 13.2 Å². The molecule has 1 N–H and O–H groups in total. The van der Waals surface area contributed by atoms with Gasteiger partial charge in [0.25, 0.3) is 0 Å². The molecular formula is C13H13F3N2O3. The van der Waals surface area contributed by atoms with E-state index in [2.05, 4.69) is 9.72 Å². The van der Waals surface area contributed by atoms with E-state index in [1.54, 1.807) is 23.6 Å². The standard InChI is InChI=1S/C13H13F3N2O3/c1-8-17-11-9(12(19)20)3-2-4-10(11)18(8)5-6-21-7-13(14,15)16/h2-4H,5-7H2,1H3,(H,19,20). The fraction of sp³-hybridized carbons (Fsp3) is 0.385. The minimum absolute atomic E-state index is 0.0607. The first-order valence-electron chi connectivity index (χ1n) is 6.13. The van der Waals surface area contributed by atoms with Crippen molar-refractivity contribution in [3.8, 4) is 0 Å². The fourth-order valence-electron chi connectivity index (χ4n) is 2.06. The third-order valence-electron chi connectivity index (χ3n) is 2.93. The molecule has 21 heavy (non-hydrogen) atoms. The number of rotatable bonds is 5. The predicted octanol–water partition coefficient (Wildman–Crippen LogP) is 2.62. The van der Waals surface area contributed by atoms with Crippen LogP contribution in [-0.2, 0) is 11.3 Å². The van der Waals surface area contributed by atoms with Crippen LogP contribution in [0.15, 0.2) is 18.2 Å². The number of aromatic nitrogens is 2. The minimum atomic E-state index is -4.36. The van der Waals surface area contributed by atoms with Crippen LogP contribution in [0.25, 0.3) is 11.0 Å². The second-order valence-corrected chi connectivity index (χ2v) is 4.46. The lowest BCUT2D eigenvalue weighted by Crippen LogP contribution is -2.19. The quantitative estimate of drug-likeness (QED) is 0.862. The van der Waals surface area contributed by atoms with Crippen LogP contribution in [0.1, 0.15) is 16.2 Å². The van der Waals surface area contributed by atoms with E-state index < -0.39 is 18.8 Å². The first-order valence-corrected chi connectivity index (χ1v) is 6.13. The maximum atomic E-state index is 12.0. The number of halogens is 3. The number of para-hydroxylation sites is 1. The van der Waals surface area contributed by atoms with Crippen LogP contribution in [0, 0.1) is 6.92 Å². The molecular weight excluding hydrogens is 289 g/mol. The predicted molar refractivity (Wildman–Crippen MR) is 68.3 cm³/mol. The molecule has 0 unspecified atom stereocenters. The van der Waals surface area contributed by atoms with Crippen LogP contribution in [0.2, 0.25) is 0 Å². The van der Waals surface area contributed by atoms with Crippen LogP contribution in [-0.4, -0.2) is 40.0 Å². The smallest absolute Gasteiger partial charge is 0.411 e. The minimum Gasteiger partial charge on any atom is -0.478 e. The molecule has 0 atom stereocenters. The molecule has 8 heteroatoms. The Morgan fingerprint density at radius 1 is 1.43 bits per heavy atom. The Morgan fingerprint density at radius 2 is 2.14 bits per heavy atom. The van der Waals surface area contributed by atoms with Gasteiger partial charge in [0.05, 0.1) is 17.7 Å². The fourth-order valence-corrected chi connectivity index (χ4v) is 2.06. The lowest BCUT2D eigenvalue weighted by molar-refractivity contribution is -0.174. The second kappa shape index (κ2) is 5.72. The number of aromatic carboxylic acids is 1. The Hall–Kier alpha value is -2.09. The Bertz CT molecular complexity index is 664. The van der Waals surface area contributed by atoms with Crippen LogP contribution in [0.3, 0.4) is 0 Å². The van der Waals surface area contributed by atoms with Gasteiger partial charge in [-0.1, -0.05) is 6.07 Å². The molecule has 0 fully saturated rings. The third kappa shape index (κ3) is 3.52. The molecule has 0 saturated carbocycles. The average molecular weight is 302 g/mol. The number of imidazole rings is 1. The summed E-state index contributed by atoms with van der Waals surface area (Å²) in [4.78, 5) is 15.3. The van der Waals surface area contributed by atoms with Crippen LogP contribution in [0.5, 0.6) is 0 Å². The van der Waals surface area contributed by atoms with Gasteiger partial charge < -0.3 is 14.4 Å². The van der Waals surface area contributed by atoms with Crippen molar-refractivity contribution >= 4 is 17.0 Å². The van der Waals surface area contributed by atoms with Gasteiger partial charge in [-0.3, -0.25) is 0 Å². The highest BCUT2D eigenvalue weighted by atomic mass is 19.4. The van der Waals surface area contributed by atoms with Crippen molar-refractivity contribution < 1.29 is 27.8 Å². The van der Waals surface area contributed by atoms with Crippen molar-refractivity contribution in [2.24, 2.45) is 0 Å². The molecule has 2 aromatic rings. The van der Waals surface area contributed by atoms with E-state index in [0.717, 1.165) is 0 Å². The summed E-state index contributed by atoms with van der Waals surface area (Å²) < 4.78 is 42.2. The van der Waals surface area contributed by atoms with Gasteiger partial charge in [0.1, 0.15) is 17.9 Å². The van der Waals surface area contributed by atoms with Gasteiger partial charge in [-0.05, 0) is 19.1 Å². The summed E-state index contributed by atoms with van der Waals surface area (Å²) in [5.74, 6) is -0.576. The number of carbonyl (C=O) groups is 1. The Kier molecular flexibility index (Phi) is 4.17. The van der Waals surface area contributed by atoms with E-state index >= 15 is 0 Å². The molecule has 0 saturated heterocycles. The molecule has 0 amide bonds. The highest BCUT2D eigenvalue weighted by Gasteiger charge is 2.27. The summed E-state index contributed by atoms with van der Waals surface area (Å²) in [6.45, 7) is 0.388. The SMILES string of the molecule is Cc1nc2c(C(=O)O)cccc2n1CCOCC(F)(F)F. The summed E-state index contributed by atoms with van der Waals surface area (Å²) in [7, 11) is 0. The number of carboxylic acids is 1. The maximum absolute atomic E-state index is 12.0. The largest absolute Gasteiger partial charge is 0.478 e. The number of benzene rings is 1. The van der Waals surface area contributed by atoms with Crippen molar-refractivity contribution in [3.63, 3.8) is 0 Å². The van der Waals surface area contributed by atoms with Gasteiger partial charge >= 0.3 is 12.1 Å². The summed E-state index contributed by atoms with van der Waals surface area (Å²) in [5, 5.41) is 9.09. The third-order valence-corrected chi connectivity index (χ3v) is 2.93. The molecule has 2 rings (SSSR count). The van der Waals surface area contributed by atoms with Crippen LogP contribution >= 0.6 is 0 Å². The zero-order valence-electron chi connectivity index (χ0n) is 11.1. The topological polar surface area (TPSA) is 64.3 Å². The van der Waals surface area contributed by atoms with Gasteiger partial charge in [0.15, 0.2) is 0 Å². The number of hydrogen-bond donors (Lipinski definition) is 1. The van der Waals surface area contributed by atoms with E-state index in [9.17, 15) is 18.0 Å². The van der Waals surface area contributed by atoms with Gasteiger partial charge in [-0.2, -0.15) is 13.2 Å². The van der Waals surface area contributed by atoms with Gasteiger partial charge in [0.2, 0.25) is 0 Å². The lowest BCUT2D eigenvalue weighted by Gasteiger charge is -2.09. The Labute approximate surface area is 118 Å². The molecule has 0 aliphatic heterocycles. The van der Waals surface area contributed by atoms with Crippen LogP contribution < -0.4 is 0 Å². The van der Waals surface area contributed by atoms with Gasteiger partial charge in [-0.15, -0.1) is 0 Å². The van der Waals surface area contributed by atoms with Gasteiger partial charge in [0, 0.05) is 6.54 Å². The van der Waals surface area contributed by atoms with Gasteiger partial charge in [-0.25, -0.2) is 9.78 Å². The zero-order valence-corrected chi connectivity index (χ0v) is 11.1. The molecule has 0 bridgehead atoms. The number of alkyl halides is 3. The van der Waals surface area contributed by atoms with Crippen molar-refractivity contribution in [2.75, 3.05) is 13.2 Å². The number of fused-ring (bicyclic) bond motifs is 1. The normalized spacial score (nSPS) is 12.0. The molecule has 5 nitrogen and oxygen atoms in total. The monoisotopic (exact) mass is 302 g/mol. The number of nitrogens with zero attached hydrogens (tertiary/aromatic N) is 2. The van der Waals surface area contributed by atoms with E-state index in [4.69, 9.17) is 5.11 Å². The van der Waals surface area contributed by atoms with E-state index in [1.165, 1.54) is 6.07 Å². The molecule has 1 heterocycles. The second-order valence-electron chi connectivity index (χ2n) is 4.46. The number of ether oxygens (including phenoxy) is 1. The lowest BCUT2D eigenvalue weighted by atomic mass is 10.2. The number of carboxylic acid groups (broad SMARTS) is 1. The average Bonchev–Trinajstić information content (AvgIpc) is 2.69. The Morgan fingerprint density at radius 3 is 2.76 bits per heavy atom. The van der Waals surface area contributed by atoms with Crippen molar-refractivity contribution in [1.82, 2.24) is 9.55 Å². The Balaban J connectivity index is 2.19. The van der Waals surface area contributed by atoms with Crippen molar-refractivity contribution in [2.45, 2.75) is 19.6 Å².